The van der Waals surface area contributed by atoms with Crippen LogP contribution in [0.15, 0.2) is 48.4 Å². The summed E-state index contributed by atoms with van der Waals surface area (Å²) in [6.07, 6.45) is 5.45. The van der Waals surface area contributed by atoms with Gasteiger partial charge in [0.05, 0.1) is 18.5 Å². The summed E-state index contributed by atoms with van der Waals surface area (Å²) in [7, 11) is 1.58. The van der Waals surface area contributed by atoms with E-state index in [-0.39, 0.29) is 0 Å². The van der Waals surface area contributed by atoms with Gasteiger partial charge in [0.1, 0.15) is 5.76 Å². The van der Waals surface area contributed by atoms with E-state index in [9.17, 15) is 0 Å². The summed E-state index contributed by atoms with van der Waals surface area (Å²) in [5.74, 6) is 0.586. The summed E-state index contributed by atoms with van der Waals surface area (Å²) in [6.45, 7) is 7.71. The molecule has 0 radical (unpaired) electrons. The molecule has 0 amide bonds. The number of nitrogens with zero attached hydrogens (tertiary/aromatic N) is 1. The lowest BCUT2D eigenvalue weighted by molar-refractivity contribution is 0.304. The predicted molar refractivity (Wildman–Crippen MR) is 71.0 cm³/mol. The van der Waals surface area contributed by atoms with Crippen LogP contribution in [0.1, 0.15) is 18.2 Å². The Balaban J connectivity index is 3.03. The molecule has 0 saturated carbocycles. The third-order valence-corrected chi connectivity index (χ3v) is 2.40. The molecule has 3 heteroatoms. The molecule has 0 fully saturated rings. The van der Waals surface area contributed by atoms with E-state index in [1.807, 2.05) is 38.1 Å². The van der Waals surface area contributed by atoms with Crippen LogP contribution in [0.25, 0.3) is 5.70 Å². The summed E-state index contributed by atoms with van der Waals surface area (Å²) in [5.41, 5.74) is 9.33. The average Bonchev–Trinajstić information content (AvgIpc) is 2.34. The van der Waals surface area contributed by atoms with Crippen molar-refractivity contribution in [2.45, 2.75) is 13.8 Å². The van der Waals surface area contributed by atoms with Crippen molar-refractivity contribution >= 4 is 5.70 Å². The van der Waals surface area contributed by atoms with Crippen LogP contribution in [-0.4, -0.2) is 12.1 Å². The Morgan fingerprint density at radius 3 is 2.76 bits per heavy atom. The van der Waals surface area contributed by atoms with E-state index in [0.717, 1.165) is 16.8 Å². The highest BCUT2D eigenvalue weighted by Crippen LogP contribution is 2.15. The van der Waals surface area contributed by atoms with Crippen molar-refractivity contribution in [3.8, 4) is 0 Å². The maximum absolute atomic E-state index is 5.99. The van der Waals surface area contributed by atoms with E-state index in [4.69, 9.17) is 10.5 Å². The third kappa shape index (κ3) is 3.48. The summed E-state index contributed by atoms with van der Waals surface area (Å²) >= 11 is 0. The van der Waals surface area contributed by atoms with Crippen LogP contribution >= 0.6 is 0 Å². The number of hydrogen-bond donors (Lipinski definition) is 1. The highest BCUT2D eigenvalue weighted by atomic mass is 16.5. The van der Waals surface area contributed by atoms with Gasteiger partial charge in [0, 0.05) is 11.8 Å². The Kier molecular flexibility index (Phi) is 4.52. The van der Waals surface area contributed by atoms with Gasteiger partial charge in [0.2, 0.25) is 0 Å². The van der Waals surface area contributed by atoms with Crippen LogP contribution in [-0.2, 0) is 4.74 Å². The molecule has 0 aliphatic heterocycles. The molecule has 17 heavy (non-hydrogen) atoms. The van der Waals surface area contributed by atoms with Gasteiger partial charge in [-0.15, -0.1) is 0 Å². The van der Waals surface area contributed by atoms with E-state index in [0.29, 0.717) is 11.5 Å². The number of ether oxygens (including phenoxy) is 1. The van der Waals surface area contributed by atoms with Crippen LogP contribution in [0, 0.1) is 6.92 Å². The number of pyridine rings is 1. The molecule has 0 aromatic carbocycles. The number of aryl methyl sites for hydroxylation is 1. The molecule has 0 atom stereocenters. The summed E-state index contributed by atoms with van der Waals surface area (Å²) < 4.78 is 5.08. The van der Waals surface area contributed by atoms with Gasteiger partial charge in [0.15, 0.2) is 0 Å². The maximum Gasteiger partial charge on any atom is 0.118 e. The van der Waals surface area contributed by atoms with Gasteiger partial charge < -0.3 is 10.5 Å². The molecule has 90 valence electrons. The van der Waals surface area contributed by atoms with Crippen molar-refractivity contribution in [2.24, 2.45) is 5.73 Å². The highest BCUT2D eigenvalue weighted by Gasteiger charge is 2.03. The van der Waals surface area contributed by atoms with Crippen LogP contribution in [0.5, 0.6) is 0 Å². The van der Waals surface area contributed by atoms with Gasteiger partial charge in [-0.1, -0.05) is 12.7 Å². The first-order valence-corrected chi connectivity index (χ1v) is 5.38. The Morgan fingerprint density at radius 1 is 1.53 bits per heavy atom. The largest absolute Gasteiger partial charge is 0.497 e. The zero-order valence-electron chi connectivity index (χ0n) is 10.5. The lowest BCUT2D eigenvalue weighted by Crippen LogP contribution is -2.01. The molecule has 1 heterocycles. The molecule has 0 aliphatic rings. The number of aromatic nitrogens is 1. The number of methoxy groups -OCH3 is 1. The van der Waals surface area contributed by atoms with Gasteiger partial charge in [-0.05, 0) is 37.6 Å². The Hall–Kier alpha value is -2.03. The molecule has 0 aliphatic carbocycles. The minimum absolute atomic E-state index is 0.586. The SMILES string of the molecule is C=C(OC)C(/C=C(\N)c1cc(C)ccn1)=C/C. The second kappa shape index (κ2) is 5.89. The minimum Gasteiger partial charge on any atom is -0.497 e. The van der Waals surface area contributed by atoms with Crippen molar-refractivity contribution in [3.05, 3.63) is 59.7 Å². The van der Waals surface area contributed by atoms with E-state index in [1.165, 1.54) is 0 Å². The smallest absolute Gasteiger partial charge is 0.118 e. The third-order valence-electron chi connectivity index (χ3n) is 2.40. The van der Waals surface area contributed by atoms with Gasteiger partial charge in [-0.3, -0.25) is 4.98 Å². The van der Waals surface area contributed by atoms with Crippen LogP contribution in [0.4, 0.5) is 0 Å². The molecular formula is C14H18N2O. The van der Waals surface area contributed by atoms with Gasteiger partial charge >= 0.3 is 0 Å². The fraction of sp³-hybridized carbons (Fsp3) is 0.214. The molecule has 1 rings (SSSR count). The van der Waals surface area contributed by atoms with Crippen LogP contribution < -0.4 is 5.73 Å². The number of hydrogen-bond acceptors (Lipinski definition) is 3. The van der Waals surface area contributed by atoms with Gasteiger partial charge in [-0.2, -0.15) is 0 Å². The minimum atomic E-state index is 0.586. The molecule has 3 nitrogen and oxygen atoms in total. The average molecular weight is 230 g/mol. The summed E-state index contributed by atoms with van der Waals surface area (Å²) in [5, 5.41) is 0. The number of rotatable bonds is 4. The van der Waals surface area contributed by atoms with Crippen molar-refractivity contribution < 1.29 is 4.74 Å². The molecule has 1 aromatic heterocycles. The van der Waals surface area contributed by atoms with Crippen molar-refractivity contribution in [1.82, 2.24) is 4.98 Å². The quantitative estimate of drug-likeness (QED) is 0.639. The Morgan fingerprint density at radius 2 is 2.24 bits per heavy atom. The molecule has 0 spiro atoms. The lowest BCUT2D eigenvalue weighted by atomic mass is 10.1. The zero-order chi connectivity index (χ0) is 12.8. The molecule has 0 saturated heterocycles. The topological polar surface area (TPSA) is 48.1 Å². The molecule has 0 bridgehead atoms. The first kappa shape index (κ1) is 13.0. The normalized spacial score (nSPS) is 12.4. The highest BCUT2D eigenvalue weighted by molar-refractivity contribution is 5.64. The molecule has 1 aromatic rings. The summed E-state index contributed by atoms with van der Waals surface area (Å²) in [4.78, 5) is 4.22. The lowest BCUT2D eigenvalue weighted by Gasteiger charge is -2.07. The fourth-order valence-electron chi connectivity index (χ4n) is 1.38. The predicted octanol–water partition coefficient (Wildman–Crippen LogP) is 2.80. The fourth-order valence-corrected chi connectivity index (χ4v) is 1.38. The Labute approximate surface area is 102 Å². The van der Waals surface area contributed by atoms with Crippen LogP contribution in [0.2, 0.25) is 0 Å². The van der Waals surface area contributed by atoms with E-state index >= 15 is 0 Å². The second-order valence-corrected chi connectivity index (χ2v) is 3.69. The van der Waals surface area contributed by atoms with Gasteiger partial charge in [-0.25, -0.2) is 0 Å². The first-order valence-electron chi connectivity index (χ1n) is 5.38. The zero-order valence-corrected chi connectivity index (χ0v) is 10.5. The standard InChI is InChI=1S/C14H18N2O/c1-5-12(11(3)17-4)9-13(15)14-8-10(2)6-7-16-14/h5-9H,3,15H2,1-2,4H3/b12-5+,13-9-. The van der Waals surface area contributed by atoms with Gasteiger partial charge in [0.25, 0.3) is 0 Å². The molecule has 0 unspecified atom stereocenters. The maximum atomic E-state index is 5.99. The first-order chi connectivity index (χ1) is 8.08. The Bertz CT molecular complexity index is 473. The van der Waals surface area contributed by atoms with Crippen molar-refractivity contribution in [2.75, 3.05) is 7.11 Å². The molecule has 2 N–H and O–H groups in total. The monoisotopic (exact) mass is 230 g/mol. The van der Waals surface area contributed by atoms with Crippen molar-refractivity contribution in [3.63, 3.8) is 0 Å². The van der Waals surface area contributed by atoms with Crippen LogP contribution in [0.3, 0.4) is 0 Å². The van der Waals surface area contributed by atoms with E-state index < -0.39 is 0 Å². The number of allylic oxidation sites excluding steroid dienone is 2. The molecular weight excluding hydrogens is 212 g/mol. The summed E-state index contributed by atoms with van der Waals surface area (Å²) in [6, 6.07) is 3.87. The number of nitrogens with two attached hydrogens (primary N) is 1. The van der Waals surface area contributed by atoms with E-state index in [2.05, 4.69) is 11.6 Å². The van der Waals surface area contributed by atoms with Crippen molar-refractivity contribution in [1.29, 1.82) is 0 Å². The van der Waals surface area contributed by atoms with E-state index in [1.54, 1.807) is 13.3 Å². The second-order valence-electron chi connectivity index (χ2n) is 3.69.